The summed E-state index contributed by atoms with van der Waals surface area (Å²) in [6.45, 7) is 4.72. The van der Waals surface area contributed by atoms with Crippen molar-refractivity contribution in [2.24, 2.45) is 0 Å². The lowest BCUT2D eigenvalue weighted by Gasteiger charge is -2.36. The number of halogens is 1. The highest BCUT2D eigenvalue weighted by Crippen LogP contribution is 2.32. The largest absolute Gasteiger partial charge is 0.493 e. The molecule has 1 saturated heterocycles. The summed E-state index contributed by atoms with van der Waals surface area (Å²) in [5.41, 5.74) is 2.78. The Labute approximate surface area is 164 Å². The van der Waals surface area contributed by atoms with Gasteiger partial charge in [0.2, 0.25) is 0 Å². The predicted molar refractivity (Wildman–Crippen MR) is 109 cm³/mol. The number of hydrogen-bond acceptors (Lipinski definition) is 4. The first-order valence-electron chi connectivity index (χ1n) is 8.81. The average Bonchev–Trinajstić information content (AvgIpc) is 2.69. The molecule has 1 N–H and O–H groups in total. The fraction of sp³-hybridized carbons (Fsp3) is 0.350. The second-order valence-corrected chi connectivity index (χ2v) is 6.84. The maximum atomic E-state index is 12.6. The Balaban J connectivity index is 1.60. The molecule has 7 heteroatoms. The van der Waals surface area contributed by atoms with Crippen LogP contribution in [0.25, 0.3) is 0 Å². The molecule has 0 bridgehead atoms. The molecule has 0 unspecified atom stereocenters. The van der Waals surface area contributed by atoms with Gasteiger partial charge in [-0.05, 0) is 42.8 Å². The Morgan fingerprint density at radius 3 is 2.33 bits per heavy atom. The summed E-state index contributed by atoms with van der Waals surface area (Å²) < 4.78 is 10.7. The monoisotopic (exact) mass is 389 g/mol. The van der Waals surface area contributed by atoms with E-state index in [1.54, 1.807) is 20.3 Å². The van der Waals surface area contributed by atoms with E-state index in [0.29, 0.717) is 29.6 Å². The second-order valence-electron chi connectivity index (χ2n) is 6.40. The zero-order valence-electron chi connectivity index (χ0n) is 15.8. The minimum atomic E-state index is -0.0904. The number of carbonyl (C=O) groups is 1. The molecule has 144 valence electrons. The number of nitrogens with one attached hydrogen (secondary N) is 1. The van der Waals surface area contributed by atoms with Crippen molar-refractivity contribution in [3.8, 4) is 11.5 Å². The Morgan fingerprint density at radius 1 is 1.00 bits per heavy atom. The summed E-state index contributed by atoms with van der Waals surface area (Å²) in [4.78, 5) is 16.6. The lowest BCUT2D eigenvalue weighted by molar-refractivity contribution is 0.208. The molecule has 2 aromatic rings. The number of anilines is 2. The maximum Gasteiger partial charge on any atom is 0.321 e. The molecule has 0 saturated carbocycles. The van der Waals surface area contributed by atoms with E-state index in [0.717, 1.165) is 30.0 Å². The zero-order valence-corrected chi connectivity index (χ0v) is 16.5. The van der Waals surface area contributed by atoms with Gasteiger partial charge in [-0.2, -0.15) is 0 Å². The first-order chi connectivity index (χ1) is 13.0. The van der Waals surface area contributed by atoms with Gasteiger partial charge in [-0.25, -0.2) is 4.79 Å². The first-order valence-corrected chi connectivity index (χ1v) is 9.18. The molecule has 0 aromatic heterocycles. The zero-order chi connectivity index (χ0) is 19.4. The van der Waals surface area contributed by atoms with Crippen LogP contribution < -0.4 is 19.7 Å². The minimum absolute atomic E-state index is 0.0904. The van der Waals surface area contributed by atoms with Crippen molar-refractivity contribution in [3.05, 3.63) is 47.0 Å². The fourth-order valence-corrected chi connectivity index (χ4v) is 3.38. The Kier molecular flexibility index (Phi) is 5.96. The van der Waals surface area contributed by atoms with Crippen molar-refractivity contribution in [1.82, 2.24) is 4.90 Å². The topological polar surface area (TPSA) is 54.0 Å². The number of amides is 2. The highest BCUT2D eigenvalue weighted by molar-refractivity contribution is 6.30. The number of urea groups is 1. The Morgan fingerprint density at radius 2 is 1.70 bits per heavy atom. The van der Waals surface area contributed by atoms with Crippen LogP contribution in [0.4, 0.5) is 16.2 Å². The van der Waals surface area contributed by atoms with E-state index in [4.69, 9.17) is 21.1 Å². The first kappa shape index (κ1) is 19.2. The molecule has 1 heterocycles. The van der Waals surface area contributed by atoms with Crippen LogP contribution in [0.3, 0.4) is 0 Å². The van der Waals surface area contributed by atoms with Crippen molar-refractivity contribution in [2.75, 3.05) is 50.6 Å². The van der Waals surface area contributed by atoms with E-state index >= 15 is 0 Å². The van der Waals surface area contributed by atoms with Gasteiger partial charge in [-0.1, -0.05) is 11.6 Å². The van der Waals surface area contributed by atoms with Gasteiger partial charge in [0.25, 0.3) is 0 Å². The highest BCUT2D eigenvalue weighted by Gasteiger charge is 2.22. The van der Waals surface area contributed by atoms with E-state index in [2.05, 4.69) is 10.2 Å². The van der Waals surface area contributed by atoms with Crippen molar-refractivity contribution in [3.63, 3.8) is 0 Å². The molecule has 0 radical (unpaired) electrons. The quantitative estimate of drug-likeness (QED) is 0.858. The number of ether oxygens (including phenoxy) is 2. The summed E-state index contributed by atoms with van der Waals surface area (Å²) in [6.07, 6.45) is 0. The number of carbonyl (C=O) groups excluding carboxylic acids is 1. The summed E-state index contributed by atoms with van der Waals surface area (Å²) >= 11 is 5.97. The number of benzene rings is 2. The van der Waals surface area contributed by atoms with E-state index in [-0.39, 0.29) is 6.03 Å². The third-order valence-electron chi connectivity index (χ3n) is 4.73. The van der Waals surface area contributed by atoms with Crippen LogP contribution >= 0.6 is 11.6 Å². The van der Waals surface area contributed by atoms with Gasteiger partial charge in [-0.3, -0.25) is 0 Å². The van der Waals surface area contributed by atoms with Crippen molar-refractivity contribution < 1.29 is 14.3 Å². The SMILES string of the molecule is COc1ccc(N2CCN(C(=O)Nc3ccc(Cl)cc3C)CC2)cc1OC. The standard InChI is InChI=1S/C20H24ClN3O3/c1-14-12-15(21)4-6-17(14)22-20(25)24-10-8-23(9-11-24)16-5-7-18(26-2)19(13-16)27-3/h4-7,12-13H,8-11H2,1-3H3,(H,22,25). The average molecular weight is 390 g/mol. The fourth-order valence-electron chi connectivity index (χ4n) is 3.15. The molecule has 1 fully saturated rings. The maximum absolute atomic E-state index is 12.6. The number of methoxy groups -OCH3 is 2. The molecule has 1 aliphatic rings. The molecule has 0 aliphatic carbocycles. The van der Waals surface area contributed by atoms with Gasteiger partial charge in [0, 0.05) is 48.6 Å². The van der Waals surface area contributed by atoms with E-state index < -0.39 is 0 Å². The van der Waals surface area contributed by atoms with Crippen LogP contribution in [0.1, 0.15) is 5.56 Å². The molecule has 27 heavy (non-hydrogen) atoms. The van der Waals surface area contributed by atoms with Gasteiger partial charge in [0.05, 0.1) is 14.2 Å². The van der Waals surface area contributed by atoms with E-state index in [1.165, 1.54) is 0 Å². The molecular weight excluding hydrogens is 366 g/mol. The van der Waals surface area contributed by atoms with Crippen LogP contribution in [-0.2, 0) is 0 Å². The van der Waals surface area contributed by atoms with Gasteiger partial charge in [-0.15, -0.1) is 0 Å². The van der Waals surface area contributed by atoms with Gasteiger partial charge in [0.1, 0.15) is 0 Å². The van der Waals surface area contributed by atoms with Gasteiger partial charge >= 0.3 is 6.03 Å². The van der Waals surface area contributed by atoms with Crippen molar-refractivity contribution in [1.29, 1.82) is 0 Å². The van der Waals surface area contributed by atoms with Crippen LogP contribution in [0, 0.1) is 6.92 Å². The molecule has 6 nitrogen and oxygen atoms in total. The van der Waals surface area contributed by atoms with Crippen LogP contribution in [-0.4, -0.2) is 51.3 Å². The molecule has 0 spiro atoms. The highest BCUT2D eigenvalue weighted by atomic mass is 35.5. The van der Waals surface area contributed by atoms with Gasteiger partial charge < -0.3 is 24.6 Å². The molecule has 2 aromatic carbocycles. The van der Waals surface area contributed by atoms with Crippen molar-refractivity contribution >= 4 is 29.0 Å². The summed E-state index contributed by atoms with van der Waals surface area (Å²) in [7, 11) is 3.25. The van der Waals surface area contributed by atoms with Crippen LogP contribution in [0.2, 0.25) is 5.02 Å². The Hall–Kier alpha value is -2.60. The number of nitrogens with zero attached hydrogens (tertiary/aromatic N) is 2. The summed E-state index contributed by atoms with van der Waals surface area (Å²) in [5.74, 6) is 1.41. The normalized spacial score (nSPS) is 14.1. The van der Waals surface area contributed by atoms with E-state index in [9.17, 15) is 4.79 Å². The lowest BCUT2D eigenvalue weighted by atomic mass is 10.2. The third-order valence-corrected chi connectivity index (χ3v) is 4.96. The molecule has 0 atom stereocenters. The third kappa shape index (κ3) is 4.39. The number of aryl methyl sites for hydroxylation is 1. The number of piperazine rings is 1. The molecule has 1 aliphatic heterocycles. The number of rotatable bonds is 4. The molecule has 2 amide bonds. The lowest BCUT2D eigenvalue weighted by Crippen LogP contribution is -2.50. The second kappa shape index (κ2) is 8.39. The summed E-state index contributed by atoms with van der Waals surface area (Å²) in [6, 6.07) is 11.2. The van der Waals surface area contributed by atoms with Gasteiger partial charge in [0.15, 0.2) is 11.5 Å². The Bertz CT molecular complexity index is 820. The van der Waals surface area contributed by atoms with Crippen molar-refractivity contribution in [2.45, 2.75) is 6.92 Å². The molecular formula is C20H24ClN3O3. The number of hydrogen-bond donors (Lipinski definition) is 1. The smallest absolute Gasteiger partial charge is 0.321 e. The predicted octanol–water partition coefficient (Wildman–Crippen LogP) is 4.02. The minimum Gasteiger partial charge on any atom is -0.493 e. The van der Waals surface area contributed by atoms with Crippen LogP contribution in [0.5, 0.6) is 11.5 Å². The molecule has 3 rings (SSSR count). The van der Waals surface area contributed by atoms with E-state index in [1.807, 2.05) is 42.2 Å². The summed E-state index contributed by atoms with van der Waals surface area (Å²) in [5, 5.41) is 3.63. The van der Waals surface area contributed by atoms with Crippen LogP contribution in [0.15, 0.2) is 36.4 Å².